The van der Waals surface area contributed by atoms with Gasteiger partial charge in [-0.25, -0.2) is 0 Å². The smallest absolute Gasteiger partial charge is 0.258 e. The second kappa shape index (κ2) is 4.27. The van der Waals surface area contributed by atoms with Crippen molar-refractivity contribution in [1.82, 2.24) is 4.57 Å². The molecule has 96 valence electrons. The highest BCUT2D eigenvalue weighted by atomic mass is 16.1. The maximum Gasteiger partial charge on any atom is 0.258 e. The van der Waals surface area contributed by atoms with Crippen LogP contribution in [0.2, 0.25) is 0 Å². The van der Waals surface area contributed by atoms with Gasteiger partial charge in [0, 0.05) is 17.1 Å². The van der Waals surface area contributed by atoms with Crippen molar-refractivity contribution >= 4 is 10.8 Å². The van der Waals surface area contributed by atoms with Crippen LogP contribution in [-0.4, -0.2) is 4.57 Å². The number of hydrogen-bond acceptors (Lipinski definition) is 1. The maximum atomic E-state index is 12.5. The number of hydrogen-bond donors (Lipinski definition) is 0. The molecular weight excluding hydrogens is 222 g/mol. The van der Waals surface area contributed by atoms with Gasteiger partial charge in [0.05, 0.1) is 0 Å². The first-order valence-corrected chi connectivity index (χ1v) is 6.47. The van der Waals surface area contributed by atoms with Gasteiger partial charge in [-0.1, -0.05) is 26.0 Å². The van der Waals surface area contributed by atoms with E-state index in [0.29, 0.717) is 5.92 Å². The molecule has 0 spiro atoms. The van der Waals surface area contributed by atoms with Crippen molar-refractivity contribution in [2.24, 2.45) is 0 Å². The van der Waals surface area contributed by atoms with Crippen LogP contribution in [0.3, 0.4) is 0 Å². The fourth-order valence-electron chi connectivity index (χ4n) is 2.33. The molecule has 0 bridgehead atoms. The molecule has 2 nitrogen and oxygen atoms in total. The molecule has 18 heavy (non-hydrogen) atoms. The largest absolute Gasteiger partial charge is 0.310 e. The maximum absolute atomic E-state index is 12.5. The molecule has 0 aliphatic rings. The Morgan fingerprint density at radius 3 is 2.28 bits per heavy atom. The number of rotatable bonds is 1. The fraction of sp³-hybridized carbons (Fsp3) is 0.438. The summed E-state index contributed by atoms with van der Waals surface area (Å²) >= 11 is 0. The van der Waals surface area contributed by atoms with Gasteiger partial charge >= 0.3 is 0 Å². The molecule has 1 aromatic carbocycles. The molecule has 0 aliphatic carbocycles. The summed E-state index contributed by atoms with van der Waals surface area (Å²) in [7, 11) is 0. The molecule has 0 radical (unpaired) electrons. The van der Waals surface area contributed by atoms with Crippen molar-refractivity contribution in [3.05, 3.63) is 46.4 Å². The van der Waals surface area contributed by atoms with Crippen molar-refractivity contribution in [2.75, 3.05) is 0 Å². The summed E-state index contributed by atoms with van der Waals surface area (Å²) in [6.45, 7) is 10.5. The van der Waals surface area contributed by atoms with Gasteiger partial charge in [0.25, 0.3) is 5.56 Å². The van der Waals surface area contributed by atoms with Crippen LogP contribution in [0.1, 0.15) is 46.1 Å². The summed E-state index contributed by atoms with van der Waals surface area (Å²) in [4.78, 5) is 12.5. The first-order valence-electron chi connectivity index (χ1n) is 6.47. The quantitative estimate of drug-likeness (QED) is 0.745. The van der Waals surface area contributed by atoms with E-state index in [0.717, 1.165) is 10.8 Å². The van der Waals surface area contributed by atoms with Crippen molar-refractivity contribution in [3.63, 3.8) is 0 Å². The minimum Gasteiger partial charge on any atom is -0.310 e. The topological polar surface area (TPSA) is 22.0 Å². The molecule has 0 aliphatic heterocycles. The average Bonchev–Trinajstić information content (AvgIpc) is 2.27. The number of aromatic nitrogens is 1. The van der Waals surface area contributed by atoms with Crippen LogP contribution < -0.4 is 5.56 Å². The van der Waals surface area contributed by atoms with E-state index in [1.807, 2.05) is 39.1 Å². The summed E-state index contributed by atoms with van der Waals surface area (Å²) in [5.74, 6) is 0.429. The normalized spacial score (nSPS) is 12.3. The van der Waals surface area contributed by atoms with E-state index < -0.39 is 0 Å². The molecule has 0 saturated heterocycles. The van der Waals surface area contributed by atoms with Crippen molar-refractivity contribution in [3.8, 4) is 0 Å². The Bertz CT molecular complexity index is 630. The van der Waals surface area contributed by atoms with Crippen LogP contribution in [0, 0.1) is 0 Å². The first-order chi connectivity index (χ1) is 8.32. The standard InChI is InChI=1S/C16H21NO/c1-11(2)12-7-6-8-14-13(12)9-10-17(15(14)18)16(3,4)5/h6-11H,1-5H3. The highest BCUT2D eigenvalue weighted by molar-refractivity contribution is 5.85. The number of benzene rings is 1. The van der Waals surface area contributed by atoms with Crippen molar-refractivity contribution < 1.29 is 0 Å². The zero-order valence-electron chi connectivity index (χ0n) is 11.8. The highest BCUT2D eigenvalue weighted by Gasteiger charge is 2.16. The zero-order chi connectivity index (χ0) is 13.5. The SMILES string of the molecule is CC(C)c1cccc2c(=O)n(C(C)(C)C)ccc12. The summed E-state index contributed by atoms with van der Waals surface area (Å²) in [6.07, 6.45) is 1.91. The number of nitrogens with zero attached hydrogens (tertiary/aromatic N) is 1. The zero-order valence-corrected chi connectivity index (χ0v) is 11.8. The molecule has 0 unspecified atom stereocenters. The molecular formula is C16H21NO. The molecule has 0 atom stereocenters. The summed E-state index contributed by atoms with van der Waals surface area (Å²) in [5, 5.41) is 1.90. The molecule has 0 fully saturated rings. The van der Waals surface area contributed by atoms with E-state index in [1.165, 1.54) is 5.56 Å². The predicted octanol–water partition coefficient (Wildman–Crippen LogP) is 3.88. The van der Waals surface area contributed by atoms with Crippen LogP contribution in [0.15, 0.2) is 35.3 Å². The molecule has 2 heteroatoms. The lowest BCUT2D eigenvalue weighted by molar-refractivity contribution is 0.386. The van der Waals surface area contributed by atoms with Crippen LogP contribution in [-0.2, 0) is 5.54 Å². The molecule has 0 amide bonds. The van der Waals surface area contributed by atoms with E-state index in [9.17, 15) is 4.79 Å². The van der Waals surface area contributed by atoms with E-state index in [1.54, 1.807) is 4.57 Å². The predicted molar refractivity (Wildman–Crippen MR) is 77.3 cm³/mol. The summed E-state index contributed by atoms with van der Waals surface area (Å²) in [6, 6.07) is 8.07. The van der Waals surface area contributed by atoms with E-state index in [4.69, 9.17) is 0 Å². The highest BCUT2D eigenvalue weighted by Crippen LogP contribution is 2.24. The Morgan fingerprint density at radius 2 is 1.72 bits per heavy atom. The molecule has 1 heterocycles. The molecule has 0 N–H and O–H groups in total. The third-order valence-electron chi connectivity index (χ3n) is 3.32. The second-order valence-corrected chi connectivity index (χ2v) is 6.12. The second-order valence-electron chi connectivity index (χ2n) is 6.12. The Hall–Kier alpha value is -1.57. The third kappa shape index (κ3) is 2.07. The van der Waals surface area contributed by atoms with Crippen LogP contribution in [0.4, 0.5) is 0 Å². The van der Waals surface area contributed by atoms with Gasteiger partial charge in [0.15, 0.2) is 0 Å². The molecule has 0 saturated carbocycles. The van der Waals surface area contributed by atoms with Crippen molar-refractivity contribution in [1.29, 1.82) is 0 Å². The van der Waals surface area contributed by atoms with Gasteiger partial charge in [-0.05, 0) is 49.8 Å². The summed E-state index contributed by atoms with van der Waals surface area (Å²) < 4.78 is 1.80. The minimum atomic E-state index is -0.181. The monoisotopic (exact) mass is 243 g/mol. The van der Waals surface area contributed by atoms with Crippen LogP contribution >= 0.6 is 0 Å². The molecule has 2 rings (SSSR count). The van der Waals surface area contributed by atoms with Gasteiger partial charge in [-0.15, -0.1) is 0 Å². The lowest BCUT2D eigenvalue weighted by Crippen LogP contribution is -2.33. The lowest BCUT2D eigenvalue weighted by atomic mass is 9.96. The van der Waals surface area contributed by atoms with Gasteiger partial charge in [-0.2, -0.15) is 0 Å². The van der Waals surface area contributed by atoms with Gasteiger partial charge in [-0.3, -0.25) is 4.79 Å². The average molecular weight is 243 g/mol. The molecule has 1 aromatic heterocycles. The number of fused-ring (bicyclic) bond motifs is 1. The summed E-state index contributed by atoms with van der Waals surface area (Å²) in [5.41, 5.74) is 1.16. The minimum absolute atomic E-state index is 0.0995. The van der Waals surface area contributed by atoms with E-state index in [2.05, 4.69) is 26.0 Å². The van der Waals surface area contributed by atoms with Crippen molar-refractivity contribution in [2.45, 2.75) is 46.1 Å². The van der Waals surface area contributed by atoms with Gasteiger partial charge in [0.1, 0.15) is 0 Å². The Morgan fingerprint density at radius 1 is 1.06 bits per heavy atom. The lowest BCUT2D eigenvalue weighted by Gasteiger charge is -2.23. The fourth-order valence-corrected chi connectivity index (χ4v) is 2.33. The van der Waals surface area contributed by atoms with Crippen LogP contribution in [0.25, 0.3) is 10.8 Å². The van der Waals surface area contributed by atoms with Gasteiger partial charge < -0.3 is 4.57 Å². The Balaban J connectivity index is 2.82. The number of pyridine rings is 1. The Kier molecular flexibility index (Phi) is 3.05. The van der Waals surface area contributed by atoms with Crippen LogP contribution in [0.5, 0.6) is 0 Å². The third-order valence-corrected chi connectivity index (χ3v) is 3.32. The van der Waals surface area contributed by atoms with E-state index in [-0.39, 0.29) is 11.1 Å². The van der Waals surface area contributed by atoms with E-state index >= 15 is 0 Å². The first kappa shape index (κ1) is 12.9. The van der Waals surface area contributed by atoms with Gasteiger partial charge in [0.2, 0.25) is 0 Å². The molecule has 2 aromatic rings. The Labute approximate surface area is 108 Å².